The summed E-state index contributed by atoms with van der Waals surface area (Å²) in [7, 11) is 0. The quantitative estimate of drug-likeness (QED) is 0.335. The van der Waals surface area contributed by atoms with Crippen molar-refractivity contribution in [2.75, 3.05) is 0 Å². The first-order valence-electron chi connectivity index (χ1n) is 3.41. The van der Waals surface area contributed by atoms with Gasteiger partial charge in [0.2, 0.25) is 0 Å². The smallest absolute Gasteiger partial charge is 0.264 e. The van der Waals surface area contributed by atoms with Crippen LogP contribution in [0.15, 0.2) is 12.1 Å². The van der Waals surface area contributed by atoms with Crippen molar-refractivity contribution in [1.29, 1.82) is 0 Å². The number of halogens is 5. The maximum absolute atomic E-state index is 12.8. The minimum atomic E-state index is -1.96. The van der Waals surface area contributed by atoms with E-state index in [0.717, 1.165) is 0 Å². The summed E-state index contributed by atoms with van der Waals surface area (Å²) < 4.78 is 61.0. The predicted octanol–water partition coefficient (Wildman–Crippen LogP) is 2.25. The molecule has 0 aliphatic carbocycles. The Kier molecular flexibility index (Phi) is 3.20. The van der Waals surface area contributed by atoms with Crippen LogP contribution in [0.1, 0.15) is 10.4 Å². The van der Waals surface area contributed by atoms with Crippen molar-refractivity contribution in [1.82, 2.24) is 5.29 Å². The molecule has 3 nitrogen and oxygen atoms in total. The Morgan fingerprint density at radius 1 is 1.20 bits per heavy atom. The summed E-state index contributed by atoms with van der Waals surface area (Å²) in [6.07, 6.45) is 0. The van der Waals surface area contributed by atoms with Crippen LogP contribution in [0.2, 0.25) is 0 Å². The molecular formula is C7H2F5NO2. The summed E-state index contributed by atoms with van der Waals surface area (Å²) in [6, 6.07) is 0.833. The summed E-state index contributed by atoms with van der Waals surface area (Å²) in [5, 5.41) is 0.863. The standard InChI is InChI=1S/C7H2F5NO2/c8-4-2-1-3(5(9)6(4)10)7(14)13(11)15-12/h1-2H. The van der Waals surface area contributed by atoms with Crippen molar-refractivity contribution in [2.45, 2.75) is 0 Å². The van der Waals surface area contributed by atoms with E-state index in [4.69, 9.17) is 0 Å². The van der Waals surface area contributed by atoms with Crippen molar-refractivity contribution in [3.05, 3.63) is 35.1 Å². The van der Waals surface area contributed by atoms with Crippen molar-refractivity contribution >= 4 is 5.91 Å². The number of carbonyl (C=O) groups is 1. The van der Waals surface area contributed by atoms with Gasteiger partial charge in [-0.25, -0.2) is 13.2 Å². The first-order valence-corrected chi connectivity index (χ1v) is 3.41. The second-order valence-corrected chi connectivity index (χ2v) is 2.34. The fourth-order valence-corrected chi connectivity index (χ4v) is 0.817. The van der Waals surface area contributed by atoms with E-state index in [2.05, 4.69) is 5.04 Å². The lowest BCUT2D eigenvalue weighted by Gasteiger charge is -2.05. The Balaban J connectivity index is 3.16. The Labute approximate surface area is 79.4 Å². The van der Waals surface area contributed by atoms with E-state index in [0.29, 0.717) is 12.1 Å². The monoisotopic (exact) mass is 227 g/mol. The maximum Gasteiger partial charge on any atom is 0.315 e. The van der Waals surface area contributed by atoms with Gasteiger partial charge < -0.3 is 0 Å². The number of rotatable bonds is 2. The molecule has 0 aliphatic rings. The van der Waals surface area contributed by atoms with Gasteiger partial charge in [-0.1, -0.05) is 4.48 Å². The van der Waals surface area contributed by atoms with E-state index in [1.54, 1.807) is 0 Å². The lowest BCUT2D eigenvalue weighted by Crippen LogP contribution is -2.21. The second kappa shape index (κ2) is 4.22. The van der Waals surface area contributed by atoms with Gasteiger partial charge in [0.1, 0.15) is 0 Å². The molecule has 0 saturated heterocycles. The molecule has 0 N–H and O–H groups in total. The zero-order valence-electron chi connectivity index (χ0n) is 6.81. The van der Waals surface area contributed by atoms with Crippen LogP contribution < -0.4 is 0 Å². The highest BCUT2D eigenvalue weighted by molar-refractivity contribution is 5.93. The van der Waals surface area contributed by atoms with E-state index < -0.39 is 34.2 Å². The predicted molar refractivity (Wildman–Crippen MR) is 35.8 cm³/mol. The molecule has 82 valence electrons. The van der Waals surface area contributed by atoms with Crippen LogP contribution >= 0.6 is 0 Å². The minimum Gasteiger partial charge on any atom is -0.264 e. The molecule has 0 fully saturated rings. The van der Waals surface area contributed by atoms with Gasteiger partial charge in [-0.3, -0.25) is 4.79 Å². The van der Waals surface area contributed by atoms with E-state index in [-0.39, 0.29) is 0 Å². The first kappa shape index (κ1) is 11.4. The maximum atomic E-state index is 12.8. The third-order valence-electron chi connectivity index (χ3n) is 1.49. The van der Waals surface area contributed by atoms with Gasteiger partial charge in [0.05, 0.1) is 5.56 Å². The van der Waals surface area contributed by atoms with Gasteiger partial charge in [-0.2, -0.15) is 0 Å². The lowest BCUT2D eigenvalue weighted by molar-refractivity contribution is -0.366. The second-order valence-electron chi connectivity index (χ2n) is 2.34. The fraction of sp³-hybridized carbons (Fsp3) is 0. The van der Waals surface area contributed by atoms with Crippen molar-refractivity contribution in [2.24, 2.45) is 0 Å². The highest BCUT2D eigenvalue weighted by atomic mass is 19.3. The van der Waals surface area contributed by atoms with Gasteiger partial charge in [0, 0.05) is 0 Å². The average Bonchev–Trinajstić information content (AvgIpc) is 2.24. The molecule has 0 aromatic heterocycles. The fourth-order valence-electron chi connectivity index (χ4n) is 0.817. The molecule has 8 heteroatoms. The molecule has 1 rings (SSSR count). The third-order valence-corrected chi connectivity index (χ3v) is 1.49. The van der Waals surface area contributed by atoms with Crippen molar-refractivity contribution in [3.8, 4) is 0 Å². The summed E-state index contributed by atoms with van der Waals surface area (Å²) in [5.41, 5.74) is -1.20. The van der Waals surface area contributed by atoms with Gasteiger partial charge in [-0.15, -0.1) is 0 Å². The number of carbonyl (C=O) groups excluding carboxylic acids is 1. The van der Waals surface area contributed by atoms with E-state index in [9.17, 15) is 27.0 Å². The molecule has 1 aromatic rings. The third kappa shape index (κ3) is 2.04. The molecule has 0 atom stereocenters. The van der Waals surface area contributed by atoms with Gasteiger partial charge in [0.25, 0.3) is 0 Å². The number of benzene rings is 1. The lowest BCUT2D eigenvalue weighted by atomic mass is 10.2. The molecule has 0 saturated carbocycles. The largest absolute Gasteiger partial charge is 0.315 e. The van der Waals surface area contributed by atoms with Crippen LogP contribution in [0.25, 0.3) is 0 Å². The number of amides is 1. The van der Waals surface area contributed by atoms with Crippen LogP contribution in [-0.2, 0) is 5.04 Å². The summed E-state index contributed by atoms with van der Waals surface area (Å²) in [6.45, 7) is 0. The molecule has 15 heavy (non-hydrogen) atoms. The topological polar surface area (TPSA) is 29.5 Å². The number of hydrogen-bond acceptors (Lipinski definition) is 2. The van der Waals surface area contributed by atoms with Gasteiger partial charge in [-0.05, 0) is 27.0 Å². The molecule has 0 heterocycles. The minimum absolute atomic E-state index is 0.387. The van der Waals surface area contributed by atoms with E-state index >= 15 is 0 Å². The van der Waals surface area contributed by atoms with Crippen molar-refractivity contribution in [3.63, 3.8) is 0 Å². The highest BCUT2D eigenvalue weighted by Crippen LogP contribution is 2.17. The molecule has 0 bridgehead atoms. The van der Waals surface area contributed by atoms with Gasteiger partial charge >= 0.3 is 5.91 Å². The number of nitrogens with zero attached hydrogens (tertiary/aromatic N) is 1. The van der Waals surface area contributed by atoms with E-state index in [1.807, 2.05) is 0 Å². The molecule has 0 spiro atoms. The number of hydrogen-bond donors (Lipinski definition) is 0. The van der Waals surface area contributed by atoms with E-state index in [1.165, 1.54) is 0 Å². The molecule has 0 unspecified atom stereocenters. The Hall–Kier alpha value is -1.70. The van der Waals surface area contributed by atoms with Crippen LogP contribution in [0, 0.1) is 17.5 Å². The molecule has 0 aliphatic heterocycles. The van der Waals surface area contributed by atoms with Crippen LogP contribution in [0.5, 0.6) is 0 Å². The van der Waals surface area contributed by atoms with Crippen molar-refractivity contribution < 1.29 is 32.0 Å². The zero-order valence-corrected chi connectivity index (χ0v) is 6.81. The highest BCUT2D eigenvalue weighted by Gasteiger charge is 2.24. The molecular weight excluding hydrogens is 225 g/mol. The molecule has 1 amide bonds. The number of hydroxylamine groups is 1. The zero-order chi connectivity index (χ0) is 11.6. The summed E-state index contributed by atoms with van der Waals surface area (Å²) in [4.78, 5) is 10.7. The molecule has 0 radical (unpaired) electrons. The summed E-state index contributed by atoms with van der Waals surface area (Å²) >= 11 is 0. The molecule has 1 aromatic carbocycles. The Morgan fingerprint density at radius 2 is 1.80 bits per heavy atom. The van der Waals surface area contributed by atoms with Crippen LogP contribution in [-0.4, -0.2) is 11.2 Å². The average molecular weight is 227 g/mol. The SMILES string of the molecule is O=C(c1ccc(F)c(F)c1F)N(F)OF. The van der Waals surface area contributed by atoms with Crippen LogP contribution in [0.4, 0.5) is 22.2 Å². The Bertz CT molecular complexity index is 397. The van der Waals surface area contributed by atoms with Gasteiger partial charge in [0.15, 0.2) is 17.5 Å². The Morgan fingerprint density at radius 3 is 2.33 bits per heavy atom. The normalized spacial score (nSPS) is 10.2. The summed E-state index contributed by atoms with van der Waals surface area (Å²) in [5.74, 6) is -7.39. The first-order chi connectivity index (χ1) is 6.99. The van der Waals surface area contributed by atoms with Crippen LogP contribution in [0.3, 0.4) is 0 Å².